The second-order valence-corrected chi connectivity index (χ2v) is 6.39. The summed E-state index contributed by atoms with van der Waals surface area (Å²) in [5.41, 5.74) is 1.07. The molecule has 1 unspecified atom stereocenters. The minimum Gasteiger partial charge on any atom is -0.464 e. The molecule has 27 heavy (non-hydrogen) atoms. The molecule has 1 N–H and O–H groups in total. The van der Waals surface area contributed by atoms with Gasteiger partial charge in [0.15, 0.2) is 0 Å². The van der Waals surface area contributed by atoms with Crippen LogP contribution in [0.5, 0.6) is 0 Å². The fourth-order valence-corrected chi connectivity index (χ4v) is 2.94. The lowest BCUT2D eigenvalue weighted by molar-refractivity contribution is 0.188. The highest BCUT2D eigenvalue weighted by Gasteiger charge is 2.19. The van der Waals surface area contributed by atoms with Crippen LogP contribution in [0.15, 0.2) is 59.5 Å². The summed E-state index contributed by atoms with van der Waals surface area (Å²) < 4.78 is 7.38. The van der Waals surface area contributed by atoms with Crippen LogP contribution >= 0.6 is 0 Å². The Hall–Kier alpha value is -3.09. The molecule has 0 aliphatic heterocycles. The van der Waals surface area contributed by atoms with Gasteiger partial charge in [-0.05, 0) is 38.0 Å². The summed E-state index contributed by atoms with van der Waals surface area (Å²) in [4.78, 5) is 18.6. The molecule has 3 rings (SSSR count). The van der Waals surface area contributed by atoms with Crippen LogP contribution in [0.1, 0.15) is 36.5 Å². The summed E-state index contributed by atoms with van der Waals surface area (Å²) in [6.45, 7) is 5.57. The molecular weight excluding hydrogens is 342 g/mol. The molecule has 142 valence electrons. The maximum Gasteiger partial charge on any atom is 0.318 e. The SMILES string of the molecule is CCN(Cc1ccc(C)o1)C(=O)NC(CCn1cncn1)c1ccccc1. The molecule has 1 aromatic carbocycles. The lowest BCUT2D eigenvalue weighted by Crippen LogP contribution is -2.41. The first kappa shape index (κ1) is 18.7. The number of aromatic nitrogens is 3. The summed E-state index contributed by atoms with van der Waals surface area (Å²) in [5.74, 6) is 1.62. The van der Waals surface area contributed by atoms with Crippen molar-refractivity contribution in [2.75, 3.05) is 6.54 Å². The third-order valence-electron chi connectivity index (χ3n) is 4.42. The average Bonchev–Trinajstić information content (AvgIpc) is 3.35. The van der Waals surface area contributed by atoms with Gasteiger partial charge >= 0.3 is 6.03 Å². The van der Waals surface area contributed by atoms with Crippen molar-refractivity contribution in [3.63, 3.8) is 0 Å². The van der Waals surface area contributed by atoms with Gasteiger partial charge in [0.05, 0.1) is 12.6 Å². The number of amides is 2. The first-order valence-corrected chi connectivity index (χ1v) is 9.14. The van der Waals surface area contributed by atoms with Gasteiger partial charge in [-0.1, -0.05) is 30.3 Å². The monoisotopic (exact) mass is 367 g/mol. The van der Waals surface area contributed by atoms with E-state index >= 15 is 0 Å². The van der Waals surface area contributed by atoms with Gasteiger partial charge in [-0.25, -0.2) is 9.78 Å². The van der Waals surface area contributed by atoms with Crippen molar-refractivity contribution in [1.29, 1.82) is 0 Å². The number of aryl methyl sites for hydroxylation is 2. The molecular formula is C20H25N5O2. The minimum atomic E-state index is -0.115. The van der Waals surface area contributed by atoms with E-state index in [4.69, 9.17) is 4.42 Å². The number of nitrogens with zero attached hydrogens (tertiary/aromatic N) is 4. The zero-order valence-corrected chi connectivity index (χ0v) is 15.7. The van der Waals surface area contributed by atoms with Gasteiger partial charge in [0, 0.05) is 13.1 Å². The minimum absolute atomic E-state index is 0.112. The average molecular weight is 367 g/mol. The van der Waals surface area contributed by atoms with Crippen molar-refractivity contribution in [3.05, 3.63) is 72.2 Å². The number of furan rings is 1. The summed E-state index contributed by atoms with van der Waals surface area (Å²) in [7, 11) is 0. The van der Waals surface area contributed by atoms with Crippen LogP contribution in [0.2, 0.25) is 0 Å². The molecule has 2 amide bonds. The van der Waals surface area contributed by atoms with Crippen molar-refractivity contribution < 1.29 is 9.21 Å². The number of hydrogen-bond donors (Lipinski definition) is 1. The number of benzene rings is 1. The number of carbonyl (C=O) groups is 1. The molecule has 0 radical (unpaired) electrons. The zero-order chi connectivity index (χ0) is 19.1. The zero-order valence-electron chi connectivity index (χ0n) is 15.7. The number of nitrogens with one attached hydrogen (secondary N) is 1. The molecule has 0 aliphatic rings. The Morgan fingerprint density at radius 3 is 2.70 bits per heavy atom. The van der Waals surface area contributed by atoms with Crippen molar-refractivity contribution in [1.82, 2.24) is 25.0 Å². The number of carbonyl (C=O) groups excluding carboxylic acids is 1. The summed E-state index contributed by atoms with van der Waals surface area (Å²) in [5, 5.41) is 7.30. The Morgan fingerprint density at radius 2 is 2.07 bits per heavy atom. The quantitative estimate of drug-likeness (QED) is 0.661. The van der Waals surface area contributed by atoms with Crippen LogP contribution in [-0.4, -0.2) is 32.2 Å². The van der Waals surface area contributed by atoms with E-state index in [9.17, 15) is 4.79 Å². The van der Waals surface area contributed by atoms with E-state index in [1.165, 1.54) is 6.33 Å². The highest BCUT2D eigenvalue weighted by Crippen LogP contribution is 2.18. The van der Waals surface area contributed by atoms with Crippen molar-refractivity contribution >= 4 is 6.03 Å². The van der Waals surface area contributed by atoms with Gasteiger partial charge in [-0.15, -0.1) is 0 Å². The molecule has 3 aromatic rings. The third kappa shape index (κ3) is 5.20. The van der Waals surface area contributed by atoms with E-state index in [2.05, 4.69) is 15.4 Å². The molecule has 0 aliphatic carbocycles. The Balaban J connectivity index is 1.68. The predicted molar refractivity (Wildman–Crippen MR) is 102 cm³/mol. The van der Waals surface area contributed by atoms with Gasteiger partial charge in [-0.3, -0.25) is 4.68 Å². The first-order chi connectivity index (χ1) is 13.2. The Morgan fingerprint density at radius 1 is 1.26 bits per heavy atom. The van der Waals surface area contributed by atoms with Gasteiger partial charge in [0.2, 0.25) is 0 Å². The van der Waals surface area contributed by atoms with Crippen LogP contribution < -0.4 is 5.32 Å². The van der Waals surface area contributed by atoms with Gasteiger partial charge < -0.3 is 14.6 Å². The van der Waals surface area contributed by atoms with Crippen molar-refractivity contribution in [2.24, 2.45) is 0 Å². The number of rotatable bonds is 8. The highest BCUT2D eigenvalue weighted by atomic mass is 16.3. The Bertz CT molecular complexity index is 829. The van der Waals surface area contributed by atoms with Crippen LogP contribution in [0.4, 0.5) is 4.79 Å². The van der Waals surface area contributed by atoms with Crippen molar-refractivity contribution in [2.45, 2.75) is 39.4 Å². The predicted octanol–water partition coefficient (Wildman–Crippen LogP) is 3.54. The fourth-order valence-electron chi connectivity index (χ4n) is 2.94. The summed E-state index contributed by atoms with van der Waals surface area (Å²) >= 11 is 0. The van der Waals surface area contributed by atoms with Gasteiger partial charge in [-0.2, -0.15) is 5.10 Å². The fraction of sp³-hybridized carbons (Fsp3) is 0.350. The molecule has 0 saturated carbocycles. The molecule has 2 aromatic heterocycles. The number of urea groups is 1. The normalized spacial score (nSPS) is 11.9. The maximum atomic E-state index is 12.9. The first-order valence-electron chi connectivity index (χ1n) is 9.14. The molecule has 2 heterocycles. The Kier molecular flexibility index (Phi) is 6.25. The summed E-state index contributed by atoms with van der Waals surface area (Å²) in [6.07, 6.45) is 3.91. The lowest BCUT2D eigenvalue weighted by Gasteiger charge is -2.25. The molecule has 1 atom stereocenters. The van der Waals surface area contributed by atoms with E-state index in [0.29, 0.717) is 19.6 Å². The Labute approximate surface area is 159 Å². The van der Waals surface area contributed by atoms with Crippen LogP contribution in [0, 0.1) is 6.92 Å². The van der Waals surface area contributed by atoms with Crippen molar-refractivity contribution in [3.8, 4) is 0 Å². The van der Waals surface area contributed by atoms with E-state index in [1.54, 1.807) is 15.9 Å². The molecule has 0 spiro atoms. The van der Waals surface area contributed by atoms with Crippen LogP contribution in [0.3, 0.4) is 0 Å². The van der Waals surface area contributed by atoms with Crippen LogP contribution in [-0.2, 0) is 13.1 Å². The van der Waals surface area contributed by atoms with E-state index in [0.717, 1.165) is 23.5 Å². The largest absolute Gasteiger partial charge is 0.464 e. The topological polar surface area (TPSA) is 76.2 Å². The molecule has 7 heteroatoms. The van der Waals surface area contributed by atoms with Gasteiger partial charge in [0.25, 0.3) is 0 Å². The standard InChI is InChI=1S/C20H25N5O2/c1-3-24(13-18-10-9-16(2)27-18)20(26)23-19(17-7-5-4-6-8-17)11-12-25-15-21-14-22-25/h4-10,14-15,19H,3,11-13H2,1-2H3,(H,23,26). The van der Waals surface area contributed by atoms with Crippen LogP contribution in [0.25, 0.3) is 0 Å². The lowest BCUT2D eigenvalue weighted by atomic mass is 10.0. The third-order valence-corrected chi connectivity index (χ3v) is 4.42. The van der Waals surface area contributed by atoms with Gasteiger partial charge in [0.1, 0.15) is 24.2 Å². The maximum absolute atomic E-state index is 12.9. The number of hydrogen-bond acceptors (Lipinski definition) is 4. The van der Waals surface area contributed by atoms with E-state index < -0.39 is 0 Å². The second-order valence-electron chi connectivity index (χ2n) is 6.39. The highest BCUT2D eigenvalue weighted by molar-refractivity contribution is 5.74. The molecule has 0 saturated heterocycles. The molecule has 7 nitrogen and oxygen atoms in total. The molecule has 0 bridgehead atoms. The second kappa shape index (κ2) is 9.02. The molecule has 0 fully saturated rings. The summed E-state index contributed by atoms with van der Waals surface area (Å²) in [6, 6.07) is 13.6. The van der Waals surface area contributed by atoms with E-state index in [1.807, 2.05) is 56.3 Å². The smallest absolute Gasteiger partial charge is 0.318 e. The van der Waals surface area contributed by atoms with E-state index in [-0.39, 0.29) is 12.1 Å².